The van der Waals surface area contributed by atoms with E-state index in [1.807, 2.05) is 12.2 Å². The third-order valence-corrected chi connectivity index (χ3v) is 2.56. The van der Waals surface area contributed by atoms with Crippen LogP contribution in [0.1, 0.15) is 40.5 Å². The van der Waals surface area contributed by atoms with E-state index in [0.29, 0.717) is 5.41 Å². The van der Waals surface area contributed by atoms with Gasteiger partial charge in [-0.1, -0.05) is 39.5 Å². The molecular weight excluding hydrogens is 194 g/mol. The van der Waals surface area contributed by atoms with E-state index >= 15 is 0 Å². The normalized spacial score (nSPS) is 13.9. The van der Waals surface area contributed by atoms with Crippen LogP contribution in [0.25, 0.3) is 0 Å². The van der Waals surface area contributed by atoms with Gasteiger partial charge < -0.3 is 4.90 Å². The zero-order valence-corrected chi connectivity index (χ0v) is 11.8. The number of nitrogens with zero attached hydrogens (tertiary/aromatic N) is 1. The molecule has 0 radical (unpaired) electrons. The zero-order valence-electron chi connectivity index (χ0n) is 11.8. The van der Waals surface area contributed by atoms with Gasteiger partial charge in [0.1, 0.15) is 0 Å². The lowest BCUT2D eigenvalue weighted by molar-refractivity contribution is 0.375. The molecule has 0 saturated heterocycles. The van der Waals surface area contributed by atoms with Crippen molar-refractivity contribution in [2.75, 3.05) is 14.1 Å². The van der Waals surface area contributed by atoms with Crippen LogP contribution in [0, 0.1) is 5.41 Å². The van der Waals surface area contributed by atoms with Crippen molar-refractivity contribution in [2.45, 2.75) is 40.5 Å². The van der Waals surface area contributed by atoms with Crippen molar-refractivity contribution in [3.05, 3.63) is 36.1 Å². The number of hydrogen-bond acceptors (Lipinski definition) is 1. The largest absolute Gasteiger partial charge is 0.378 e. The Labute approximate surface area is 102 Å². The molecule has 0 amide bonds. The molecule has 0 bridgehead atoms. The van der Waals surface area contributed by atoms with E-state index in [9.17, 15) is 0 Å². The number of likely N-dealkylation sites (N-methyl/N-ethyl adjacent to an activating group) is 1. The van der Waals surface area contributed by atoms with Crippen LogP contribution in [-0.4, -0.2) is 19.0 Å². The lowest BCUT2D eigenvalue weighted by Crippen LogP contribution is -2.12. The SMILES string of the molecule is C=C/C=C\C(=C(/C)CCC(C)(C)C)N(C)C. The molecule has 92 valence electrons. The van der Waals surface area contributed by atoms with Crippen molar-refractivity contribution >= 4 is 0 Å². The Morgan fingerprint density at radius 3 is 2.19 bits per heavy atom. The van der Waals surface area contributed by atoms with E-state index < -0.39 is 0 Å². The van der Waals surface area contributed by atoms with Gasteiger partial charge in [0.15, 0.2) is 0 Å². The highest BCUT2D eigenvalue weighted by Crippen LogP contribution is 2.25. The van der Waals surface area contributed by atoms with Crippen LogP contribution in [0.5, 0.6) is 0 Å². The highest BCUT2D eigenvalue weighted by Gasteiger charge is 2.11. The summed E-state index contributed by atoms with van der Waals surface area (Å²) < 4.78 is 0. The molecule has 0 aliphatic heterocycles. The first-order valence-corrected chi connectivity index (χ1v) is 5.94. The lowest BCUT2D eigenvalue weighted by atomic mass is 9.88. The molecule has 0 heterocycles. The minimum Gasteiger partial charge on any atom is -0.378 e. The number of hydrogen-bond donors (Lipinski definition) is 0. The predicted octanol–water partition coefficient (Wildman–Crippen LogP) is 4.39. The molecule has 0 aromatic rings. The third kappa shape index (κ3) is 6.49. The van der Waals surface area contributed by atoms with E-state index in [0.717, 1.165) is 6.42 Å². The van der Waals surface area contributed by atoms with Crippen LogP contribution in [0.2, 0.25) is 0 Å². The van der Waals surface area contributed by atoms with Gasteiger partial charge in [-0.25, -0.2) is 0 Å². The maximum atomic E-state index is 3.71. The molecule has 0 unspecified atom stereocenters. The Morgan fingerprint density at radius 1 is 1.25 bits per heavy atom. The predicted molar refractivity (Wildman–Crippen MR) is 74.4 cm³/mol. The molecule has 0 rings (SSSR count). The Bertz CT molecular complexity index is 274. The Hall–Kier alpha value is -0.980. The maximum Gasteiger partial charge on any atom is 0.0350 e. The van der Waals surface area contributed by atoms with E-state index in [2.05, 4.69) is 59.3 Å². The fourth-order valence-electron chi connectivity index (χ4n) is 1.52. The average Bonchev–Trinajstić information content (AvgIpc) is 2.13. The van der Waals surface area contributed by atoms with E-state index in [-0.39, 0.29) is 0 Å². The van der Waals surface area contributed by atoms with Crippen molar-refractivity contribution in [2.24, 2.45) is 5.41 Å². The third-order valence-electron chi connectivity index (χ3n) is 2.56. The summed E-state index contributed by atoms with van der Waals surface area (Å²) in [6.45, 7) is 12.8. The number of rotatable bonds is 5. The van der Waals surface area contributed by atoms with Gasteiger partial charge in [-0.05, 0) is 36.8 Å². The van der Waals surface area contributed by atoms with Gasteiger partial charge in [0.05, 0.1) is 0 Å². The van der Waals surface area contributed by atoms with Crippen LogP contribution in [-0.2, 0) is 0 Å². The molecule has 0 aromatic carbocycles. The molecule has 1 nitrogen and oxygen atoms in total. The van der Waals surface area contributed by atoms with Crippen LogP contribution >= 0.6 is 0 Å². The molecular formula is C15H27N. The molecule has 1 heteroatoms. The fraction of sp³-hybridized carbons (Fsp3) is 0.600. The van der Waals surface area contributed by atoms with E-state index in [4.69, 9.17) is 0 Å². The van der Waals surface area contributed by atoms with Crippen LogP contribution < -0.4 is 0 Å². The molecule has 0 saturated carbocycles. The molecule has 0 aliphatic carbocycles. The van der Waals surface area contributed by atoms with Crippen molar-refractivity contribution in [1.29, 1.82) is 0 Å². The van der Waals surface area contributed by atoms with E-state index in [1.54, 1.807) is 0 Å². The van der Waals surface area contributed by atoms with Gasteiger partial charge in [-0.3, -0.25) is 0 Å². The molecule has 0 spiro atoms. The van der Waals surface area contributed by atoms with Crippen LogP contribution in [0.3, 0.4) is 0 Å². The summed E-state index contributed by atoms with van der Waals surface area (Å²) in [5, 5.41) is 0. The second-order valence-corrected chi connectivity index (χ2v) is 5.72. The summed E-state index contributed by atoms with van der Waals surface area (Å²) in [4.78, 5) is 2.16. The quantitative estimate of drug-likeness (QED) is 0.622. The summed E-state index contributed by atoms with van der Waals surface area (Å²) in [6, 6.07) is 0. The monoisotopic (exact) mass is 221 g/mol. The van der Waals surface area contributed by atoms with E-state index in [1.165, 1.54) is 17.7 Å². The topological polar surface area (TPSA) is 3.24 Å². The summed E-state index contributed by atoms with van der Waals surface area (Å²) in [7, 11) is 4.17. The second kappa shape index (κ2) is 6.57. The molecule has 0 N–H and O–H groups in total. The van der Waals surface area contributed by atoms with Crippen molar-refractivity contribution in [3.63, 3.8) is 0 Å². The molecule has 0 atom stereocenters. The van der Waals surface area contributed by atoms with Crippen LogP contribution in [0.4, 0.5) is 0 Å². The minimum atomic E-state index is 0.404. The van der Waals surface area contributed by atoms with Gasteiger partial charge in [0.25, 0.3) is 0 Å². The van der Waals surface area contributed by atoms with Crippen molar-refractivity contribution < 1.29 is 0 Å². The van der Waals surface area contributed by atoms with Crippen molar-refractivity contribution in [3.8, 4) is 0 Å². The van der Waals surface area contributed by atoms with Crippen LogP contribution in [0.15, 0.2) is 36.1 Å². The summed E-state index contributed by atoms with van der Waals surface area (Å²) in [5.41, 5.74) is 3.14. The minimum absolute atomic E-state index is 0.404. The Morgan fingerprint density at radius 2 is 1.81 bits per heavy atom. The highest BCUT2D eigenvalue weighted by atomic mass is 15.1. The highest BCUT2D eigenvalue weighted by molar-refractivity contribution is 5.25. The second-order valence-electron chi connectivity index (χ2n) is 5.72. The van der Waals surface area contributed by atoms with Crippen molar-refractivity contribution in [1.82, 2.24) is 4.90 Å². The average molecular weight is 221 g/mol. The first-order valence-electron chi connectivity index (χ1n) is 5.94. The maximum absolute atomic E-state index is 3.71. The molecule has 16 heavy (non-hydrogen) atoms. The lowest BCUT2D eigenvalue weighted by Gasteiger charge is -2.21. The summed E-state index contributed by atoms with van der Waals surface area (Å²) >= 11 is 0. The molecule has 0 aliphatic rings. The standard InChI is InChI=1S/C15H27N/c1-8-9-10-14(16(6)7)13(2)11-12-15(3,4)5/h8-10H,1,11-12H2,2-7H3/b10-9-,14-13-. The van der Waals surface area contributed by atoms with Gasteiger partial charge >= 0.3 is 0 Å². The summed E-state index contributed by atoms with van der Waals surface area (Å²) in [5.74, 6) is 0. The first kappa shape index (κ1) is 15.0. The molecule has 0 fully saturated rings. The van der Waals surface area contributed by atoms with Gasteiger partial charge in [-0.2, -0.15) is 0 Å². The zero-order chi connectivity index (χ0) is 12.8. The Balaban J connectivity index is 4.71. The van der Waals surface area contributed by atoms with Gasteiger partial charge in [0, 0.05) is 19.8 Å². The fourth-order valence-corrected chi connectivity index (χ4v) is 1.52. The summed E-state index contributed by atoms with van der Waals surface area (Å²) in [6.07, 6.45) is 8.32. The first-order chi connectivity index (χ1) is 7.28. The van der Waals surface area contributed by atoms with Gasteiger partial charge in [-0.15, -0.1) is 0 Å². The number of allylic oxidation sites excluding steroid dienone is 4. The van der Waals surface area contributed by atoms with Gasteiger partial charge in [0.2, 0.25) is 0 Å². The Kier molecular flexibility index (Phi) is 6.17. The smallest absolute Gasteiger partial charge is 0.0350 e. The molecule has 0 aromatic heterocycles.